The lowest BCUT2D eigenvalue weighted by Gasteiger charge is -2.13. The molecule has 0 aromatic rings. The Bertz CT molecular complexity index is 141. The lowest BCUT2D eigenvalue weighted by molar-refractivity contribution is 0.225. The topological polar surface area (TPSA) is 113 Å². The second kappa shape index (κ2) is 7.33. The average molecular weight is 222 g/mol. The summed E-state index contributed by atoms with van der Waals surface area (Å²) in [5, 5.41) is 0. The van der Waals surface area contributed by atoms with Crippen LogP contribution in [0.4, 0.5) is 0 Å². The molecule has 0 aliphatic rings. The summed E-state index contributed by atoms with van der Waals surface area (Å²) in [6.07, 6.45) is 4.19. The standard InChI is InChI=1S/C8H22N2O3Si/c9-6-2-1-4-8(10)5-3-7-14(11,12)13/h8,11-13H,1-7,9-10H2. The third kappa shape index (κ3) is 10.1. The van der Waals surface area contributed by atoms with Gasteiger partial charge in [0.05, 0.1) is 0 Å². The monoisotopic (exact) mass is 222 g/mol. The zero-order valence-corrected chi connectivity index (χ0v) is 9.52. The van der Waals surface area contributed by atoms with Crippen LogP contribution in [-0.2, 0) is 0 Å². The van der Waals surface area contributed by atoms with Crippen molar-refractivity contribution in [1.29, 1.82) is 0 Å². The minimum atomic E-state index is -3.84. The SMILES string of the molecule is NCCCCC(N)CCC[Si](O)(O)O. The van der Waals surface area contributed by atoms with E-state index in [1.165, 1.54) is 0 Å². The summed E-state index contributed by atoms with van der Waals surface area (Å²) in [7, 11) is -3.84. The predicted octanol–water partition coefficient (Wildman–Crippen LogP) is -0.861. The van der Waals surface area contributed by atoms with Gasteiger partial charge in [-0.3, -0.25) is 0 Å². The molecular formula is C8H22N2O3Si. The van der Waals surface area contributed by atoms with Crippen molar-refractivity contribution < 1.29 is 14.4 Å². The molecule has 0 amide bonds. The third-order valence-corrected chi connectivity index (χ3v) is 3.14. The highest BCUT2D eigenvalue weighted by Crippen LogP contribution is 2.09. The molecule has 1 unspecified atom stereocenters. The molecule has 0 aliphatic carbocycles. The van der Waals surface area contributed by atoms with Gasteiger partial charge in [0.25, 0.3) is 0 Å². The highest BCUT2D eigenvalue weighted by Gasteiger charge is 2.25. The van der Waals surface area contributed by atoms with Gasteiger partial charge in [0, 0.05) is 12.1 Å². The van der Waals surface area contributed by atoms with Crippen molar-refractivity contribution in [2.24, 2.45) is 11.5 Å². The van der Waals surface area contributed by atoms with E-state index in [1.54, 1.807) is 0 Å². The third-order valence-electron chi connectivity index (χ3n) is 2.12. The summed E-state index contributed by atoms with van der Waals surface area (Å²) in [6, 6.07) is 0.162. The Balaban J connectivity index is 3.31. The number of nitrogens with two attached hydrogens (primary N) is 2. The van der Waals surface area contributed by atoms with Crippen LogP contribution in [0.1, 0.15) is 32.1 Å². The minimum Gasteiger partial charge on any atom is -0.390 e. The zero-order valence-electron chi connectivity index (χ0n) is 8.52. The van der Waals surface area contributed by atoms with Gasteiger partial charge >= 0.3 is 8.80 Å². The second-order valence-electron chi connectivity index (χ2n) is 3.71. The van der Waals surface area contributed by atoms with Crippen LogP contribution >= 0.6 is 0 Å². The predicted molar refractivity (Wildman–Crippen MR) is 57.3 cm³/mol. The van der Waals surface area contributed by atoms with Gasteiger partial charge in [0.15, 0.2) is 0 Å². The molecule has 14 heavy (non-hydrogen) atoms. The van der Waals surface area contributed by atoms with Crippen LogP contribution in [0.2, 0.25) is 6.04 Å². The highest BCUT2D eigenvalue weighted by atomic mass is 28.4. The molecule has 0 aromatic heterocycles. The van der Waals surface area contributed by atoms with Crippen molar-refractivity contribution >= 4 is 8.80 Å². The summed E-state index contributed by atoms with van der Waals surface area (Å²) in [6.45, 7) is 0.687. The lowest BCUT2D eigenvalue weighted by Crippen LogP contribution is -2.34. The molecule has 0 spiro atoms. The van der Waals surface area contributed by atoms with Crippen molar-refractivity contribution in [3.63, 3.8) is 0 Å². The van der Waals surface area contributed by atoms with Gasteiger partial charge in [-0.2, -0.15) is 0 Å². The van der Waals surface area contributed by atoms with Gasteiger partial charge in [-0.15, -0.1) is 0 Å². The molecule has 0 fully saturated rings. The summed E-state index contributed by atoms with van der Waals surface area (Å²) >= 11 is 0. The molecule has 86 valence electrons. The first kappa shape index (κ1) is 14.0. The van der Waals surface area contributed by atoms with Crippen LogP contribution in [-0.4, -0.2) is 35.8 Å². The molecule has 0 saturated heterocycles. The van der Waals surface area contributed by atoms with Crippen molar-refractivity contribution in [3.8, 4) is 0 Å². The van der Waals surface area contributed by atoms with Crippen LogP contribution in [0.5, 0.6) is 0 Å². The van der Waals surface area contributed by atoms with E-state index in [-0.39, 0.29) is 12.1 Å². The smallest absolute Gasteiger partial charge is 0.390 e. The molecule has 0 saturated carbocycles. The van der Waals surface area contributed by atoms with Gasteiger partial charge in [-0.05, 0) is 32.2 Å². The van der Waals surface area contributed by atoms with Gasteiger partial charge in [0.1, 0.15) is 0 Å². The zero-order chi connectivity index (χ0) is 11.0. The Morgan fingerprint density at radius 3 is 2.07 bits per heavy atom. The van der Waals surface area contributed by atoms with E-state index in [2.05, 4.69) is 0 Å². The van der Waals surface area contributed by atoms with Gasteiger partial charge < -0.3 is 25.9 Å². The van der Waals surface area contributed by atoms with Gasteiger partial charge in [-0.1, -0.05) is 6.42 Å². The van der Waals surface area contributed by atoms with E-state index in [9.17, 15) is 0 Å². The molecule has 0 aromatic carbocycles. The fraction of sp³-hybridized carbons (Fsp3) is 1.00. The average Bonchev–Trinajstić information content (AvgIpc) is 2.02. The van der Waals surface area contributed by atoms with Crippen LogP contribution in [0.3, 0.4) is 0 Å². The maximum atomic E-state index is 8.74. The maximum absolute atomic E-state index is 8.74. The van der Waals surface area contributed by atoms with E-state index in [0.717, 1.165) is 25.7 Å². The van der Waals surface area contributed by atoms with Crippen molar-refractivity contribution in [2.45, 2.75) is 44.2 Å². The van der Waals surface area contributed by atoms with Crippen LogP contribution in [0.15, 0.2) is 0 Å². The molecule has 0 aliphatic heterocycles. The molecule has 0 heterocycles. The van der Waals surface area contributed by atoms with Crippen LogP contribution in [0, 0.1) is 0 Å². The summed E-state index contributed by atoms with van der Waals surface area (Å²) in [4.78, 5) is 26.2. The van der Waals surface area contributed by atoms with Crippen LogP contribution in [0.25, 0.3) is 0 Å². The molecule has 1 atom stereocenters. The fourth-order valence-corrected chi connectivity index (χ4v) is 1.98. The fourth-order valence-electron chi connectivity index (χ4n) is 1.30. The first-order valence-corrected chi connectivity index (χ1v) is 7.13. The highest BCUT2D eigenvalue weighted by molar-refractivity contribution is 6.56. The van der Waals surface area contributed by atoms with Gasteiger partial charge in [0.2, 0.25) is 0 Å². The number of rotatable bonds is 8. The summed E-state index contributed by atoms with van der Waals surface area (Å²) < 4.78 is 0. The van der Waals surface area contributed by atoms with E-state index < -0.39 is 8.80 Å². The Morgan fingerprint density at radius 1 is 1.00 bits per heavy atom. The first-order valence-electron chi connectivity index (χ1n) is 5.08. The van der Waals surface area contributed by atoms with E-state index in [1.807, 2.05) is 0 Å². The Kier molecular flexibility index (Phi) is 7.34. The van der Waals surface area contributed by atoms with Gasteiger partial charge in [-0.25, -0.2) is 0 Å². The normalized spacial score (nSPS) is 14.4. The Hall–Kier alpha value is 0.0169. The quantitative estimate of drug-likeness (QED) is 0.271. The van der Waals surface area contributed by atoms with Crippen LogP contribution < -0.4 is 11.5 Å². The molecule has 5 nitrogen and oxygen atoms in total. The minimum absolute atomic E-state index is 0.0809. The molecule has 7 N–H and O–H groups in total. The Labute approximate surface area is 86.1 Å². The van der Waals surface area contributed by atoms with Crippen molar-refractivity contribution in [2.75, 3.05) is 6.54 Å². The van der Waals surface area contributed by atoms with E-state index in [0.29, 0.717) is 13.0 Å². The molecule has 0 bridgehead atoms. The number of hydrogen-bond acceptors (Lipinski definition) is 5. The lowest BCUT2D eigenvalue weighted by atomic mass is 10.1. The second-order valence-corrected chi connectivity index (χ2v) is 5.76. The number of hydrogen-bond donors (Lipinski definition) is 5. The Morgan fingerprint density at radius 2 is 1.57 bits per heavy atom. The molecule has 6 heteroatoms. The maximum Gasteiger partial charge on any atom is 0.492 e. The number of unbranched alkanes of at least 4 members (excludes halogenated alkanes) is 1. The molecule has 0 radical (unpaired) electrons. The molecular weight excluding hydrogens is 200 g/mol. The largest absolute Gasteiger partial charge is 0.492 e. The molecule has 0 rings (SSSR count). The van der Waals surface area contributed by atoms with Crippen molar-refractivity contribution in [1.82, 2.24) is 0 Å². The van der Waals surface area contributed by atoms with Crippen molar-refractivity contribution in [3.05, 3.63) is 0 Å². The summed E-state index contributed by atoms with van der Waals surface area (Å²) in [5.41, 5.74) is 11.1. The van der Waals surface area contributed by atoms with E-state index >= 15 is 0 Å². The van der Waals surface area contributed by atoms with E-state index in [4.69, 9.17) is 25.9 Å². The first-order chi connectivity index (χ1) is 6.45. The summed E-state index contributed by atoms with van der Waals surface area (Å²) in [5.74, 6) is 0.